The number of hydrogen-bond acceptors (Lipinski definition) is 30. The minimum atomic E-state index is -2.16. The number of nitrogens with one attached hydrogen (secondary N) is 8. The molecule has 18 atom stereocenters. The number of aliphatic hydroxyl groups excluding tert-OH is 15. The molecule has 39 nitrogen and oxygen atoms in total. The van der Waals surface area contributed by atoms with E-state index in [1.54, 1.807) is 0 Å². The summed E-state index contributed by atoms with van der Waals surface area (Å²) in [5.41, 5.74) is 11.4. The zero-order valence-corrected chi connectivity index (χ0v) is 49.5. The number of aliphatic carboxylic acids is 3. The molecule has 30 N–H and O–H groups in total. The van der Waals surface area contributed by atoms with E-state index in [0.717, 1.165) is 21.6 Å². The fourth-order valence-electron chi connectivity index (χ4n) is 7.32. The summed E-state index contributed by atoms with van der Waals surface area (Å²) in [6.45, 7) is -5.29. The second kappa shape index (κ2) is 44.6. The highest BCUT2D eigenvalue weighted by molar-refractivity contribution is 8.76. The zero-order chi connectivity index (χ0) is 68.2. The Hall–Kier alpha value is -5.81. The lowest BCUT2D eigenvalue weighted by Gasteiger charge is -2.27. The molecule has 0 aliphatic heterocycles. The van der Waals surface area contributed by atoms with E-state index in [1.165, 1.54) is 0 Å². The lowest BCUT2D eigenvalue weighted by molar-refractivity contribution is -0.142. The van der Waals surface area contributed by atoms with Gasteiger partial charge >= 0.3 is 17.9 Å². The van der Waals surface area contributed by atoms with Crippen molar-refractivity contribution in [2.75, 3.05) is 57.5 Å². The van der Waals surface area contributed by atoms with Crippen LogP contribution in [0.5, 0.6) is 0 Å². The molecule has 0 aromatic carbocycles. The molecule has 0 aliphatic rings. The molecule has 8 amide bonds. The van der Waals surface area contributed by atoms with Gasteiger partial charge in [0.1, 0.15) is 85.1 Å². The number of rotatable bonds is 49. The van der Waals surface area contributed by atoms with E-state index < -0.39 is 278 Å². The molecular formula is C48H86N10O29S2. The van der Waals surface area contributed by atoms with Crippen LogP contribution < -0.4 is 54.0 Å². The molecule has 514 valence electrons. The van der Waals surface area contributed by atoms with Crippen LogP contribution in [-0.2, 0) is 52.7 Å². The normalized spacial score (nSPS) is 17.6. The Kier molecular flexibility index (Phi) is 41.7. The molecule has 0 radical (unpaired) electrons. The maximum atomic E-state index is 14.3. The van der Waals surface area contributed by atoms with Gasteiger partial charge in [-0.2, -0.15) is 0 Å². The first-order chi connectivity index (χ1) is 41.7. The Bertz CT molecular complexity index is 2240. The number of carbonyl (C=O) groups excluding carboxylic acids is 8. The van der Waals surface area contributed by atoms with E-state index in [4.69, 9.17) is 26.8 Å². The highest BCUT2D eigenvalue weighted by Gasteiger charge is 2.37. The van der Waals surface area contributed by atoms with Gasteiger partial charge in [0, 0.05) is 69.8 Å². The van der Waals surface area contributed by atoms with Crippen LogP contribution in [0.3, 0.4) is 0 Å². The Morgan fingerprint density at radius 1 is 0.360 bits per heavy atom. The second-order valence-corrected chi connectivity index (χ2v) is 22.6. The predicted octanol–water partition coefficient (Wildman–Crippen LogP) is -14.1. The van der Waals surface area contributed by atoms with Crippen LogP contribution in [0.4, 0.5) is 0 Å². The molecule has 0 saturated heterocycles. The lowest BCUT2D eigenvalue weighted by atomic mass is 10.0. The fourth-order valence-corrected chi connectivity index (χ4v) is 9.33. The number of carboxylic acid groups (broad SMARTS) is 3. The van der Waals surface area contributed by atoms with Gasteiger partial charge < -0.3 is 146 Å². The highest BCUT2D eigenvalue weighted by Crippen LogP contribution is 2.21. The minimum absolute atomic E-state index is 0.193. The summed E-state index contributed by atoms with van der Waals surface area (Å²) >= 11 is 0. The first-order valence-corrected chi connectivity index (χ1v) is 29.8. The van der Waals surface area contributed by atoms with Gasteiger partial charge in [-0.3, -0.25) is 47.9 Å². The van der Waals surface area contributed by atoms with Crippen molar-refractivity contribution >= 4 is 86.8 Å². The van der Waals surface area contributed by atoms with Crippen LogP contribution in [0.2, 0.25) is 0 Å². The molecule has 0 aromatic rings. The number of aliphatic hydroxyl groups is 15. The molecule has 41 heteroatoms. The van der Waals surface area contributed by atoms with Crippen molar-refractivity contribution in [1.29, 1.82) is 0 Å². The van der Waals surface area contributed by atoms with E-state index in [-0.39, 0.29) is 12.3 Å². The van der Waals surface area contributed by atoms with Crippen molar-refractivity contribution in [2.45, 2.75) is 174 Å². The summed E-state index contributed by atoms with van der Waals surface area (Å²) < 4.78 is 0. The van der Waals surface area contributed by atoms with Gasteiger partial charge in [-0.25, -0.2) is 4.79 Å². The summed E-state index contributed by atoms with van der Waals surface area (Å²) in [6.07, 6.45) is -31.9. The monoisotopic (exact) mass is 1330 g/mol. The third-order valence-corrected chi connectivity index (χ3v) is 15.2. The molecule has 0 saturated carbocycles. The van der Waals surface area contributed by atoms with Crippen LogP contribution in [-0.4, -0.2) is 324 Å². The average Bonchev–Trinajstić information content (AvgIpc) is 2.68. The van der Waals surface area contributed by atoms with Gasteiger partial charge in [0.15, 0.2) is 0 Å². The van der Waals surface area contributed by atoms with Gasteiger partial charge in [-0.05, 0) is 32.1 Å². The Morgan fingerprint density at radius 2 is 0.629 bits per heavy atom. The number of carbonyl (C=O) groups is 11. The lowest BCUT2D eigenvalue weighted by Crippen LogP contribution is -2.59. The quantitative estimate of drug-likeness (QED) is 0.0199. The summed E-state index contributed by atoms with van der Waals surface area (Å²) in [5, 5.41) is 193. The molecule has 0 spiro atoms. The minimum Gasteiger partial charge on any atom is -0.481 e. The molecular weight excluding hydrogens is 1240 g/mol. The van der Waals surface area contributed by atoms with Crippen LogP contribution in [0.15, 0.2) is 0 Å². The van der Waals surface area contributed by atoms with E-state index in [1.807, 2.05) is 0 Å². The van der Waals surface area contributed by atoms with E-state index in [9.17, 15) is 129 Å². The van der Waals surface area contributed by atoms with Gasteiger partial charge in [0.05, 0.1) is 44.2 Å². The van der Waals surface area contributed by atoms with E-state index >= 15 is 0 Å². The van der Waals surface area contributed by atoms with Gasteiger partial charge in [-0.1, -0.05) is 21.6 Å². The molecule has 89 heavy (non-hydrogen) atoms. The van der Waals surface area contributed by atoms with Crippen molar-refractivity contribution in [3.05, 3.63) is 0 Å². The van der Waals surface area contributed by atoms with Crippen molar-refractivity contribution in [2.24, 2.45) is 11.5 Å². The number of nitrogens with two attached hydrogens (primary N) is 2. The highest BCUT2D eigenvalue weighted by atomic mass is 33.1. The molecule has 0 aliphatic carbocycles. The Labute approximate surface area is 515 Å². The maximum absolute atomic E-state index is 14.3. The van der Waals surface area contributed by atoms with Gasteiger partial charge in [-0.15, -0.1) is 0 Å². The zero-order valence-electron chi connectivity index (χ0n) is 47.8. The first-order valence-electron chi connectivity index (χ1n) is 27.4. The molecule has 0 rings (SSSR count). The number of hydrogen-bond donors (Lipinski definition) is 28. The van der Waals surface area contributed by atoms with Crippen molar-refractivity contribution in [1.82, 2.24) is 42.5 Å². The predicted molar refractivity (Wildman–Crippen MR) is 303 cm³/mol. The topological polar surface area (TPSA) is 700 Å². The summed E-state index contributed by atoms with van der Waals surface area (Å²) in [6, 6.07) is -11.4. The largest absolute Gasteiger partial charge is 0.481 e. The molecule has 18 unspecified atom stereocenters. The standard InChI is InChI=1S/C48H86N10O29S2/c49-11-12-88-89-19-25(48(86)87)58-47(85)22(3-8-34(70)53-15-28(64)39(77)42(80)31(67)18-61)56-46(84)24(5-10-36(73)74)57-44(82)21(2-7-33(69)52-14-27(63)38(76)41(79)30(66)17-60)55-45(83)23(4-9-35(71)72)54-43(81)20(50)1-6-32(68)51-13-26(62)37(75)40(78)29(65)16-59/h20-31,37-42,59-67,75-80H,1-19,49-50H2,(H,51,68)(H,52,69)(H,53,70)(H,54,81)(H,55,83)(H,56,84)(H,57,82)(H,58,85)(H,71,72)(H,73,74)(H,86,87). The summed E-state index contributed by atoms with van der Waals surface area (Å²) in [5.74, 6) is -14.4. The van der Waals surface area contributed by atoms with Crippen LogP contribution in [0.25, 0.3) is 0 Å². The Balaban J connectivity index is 7.12. The van der Waals surface area contributed by atoms with Crippen molar-refractivity contribution in [3.8, 4) is 0 Å². The number of amides is 8. The van der Waals surface area contributed by atoms with Crippen LogP contribution in [0.1, 0.15) is 64.2 Å². The number of carboxylic acids is 3. The molecule has 0 bridgehead atoms. The summed E-state index contributed by atoms with van der Waals surface area (Å²) in [4.78, 5) is 144. The molecule has 0 aromatic heterocycles. The molecule has 0 heterocycles. The third-order valence-electron chi connectivity index (χ3n) is 12.8. The van der Waals surface area contributed by atoms with Crippen LogP contribution in [0, 0.1) is 0 Å². The van der Waals surface area contributed by atoms with E-state index in [0.29, 0.717) is 5.75 Å². The molecule has 0 fully saturated rings. The average molecular weight is 1330 g/mol. The second-order valence-electron chi connectivity index (χ2n) is 19.9. The summed E-state index contributed by atoms with van der Waals surface area (Å²) in [7, 11) is 2.11. The van der Waals surface area contributed by atoms with E-state index in [2.05, 4.69) is 42.5 Å². The fraction of sp³-hybridized carbons (Fsp3) is 0.771. The Morgan fingerprint density at radius 3 is 0.910 bits per heavy atom. The van der Waals surface area contributed by atoms with Crippen molar-refractivity contribution in [3.63, 3.8) is 0 Å². The van der Waals surface area contributed by atoms with Gasteiger partial charge in [0.25, 0.3) is 0 Å². The third kappa shape index (κ3) is 33.2. The SMILES string of the molecule is NCCSSCC(NC(=O)C(CCC(=O)NCC(O)C(O)C(O)C(O)CO)NC(=O)C(CCC(=O)O)NC(=O)C(CCC(=O)NCC(O)C(O)C(O)C(O)CO)NC(=O)C(CCC(=O)O)NC(=O)C(N)CCC(=O)NCC(O)C(O)C(O)C(O)CO)C(=O)O. The van der Waals surface area contributed by atoms with Crippen LogP contribution >= 0.6 is 21.6 Å². The maximum Gasteiger partial charge on any atom is 0.327 e. The van der Waals surface area contributed by atoms with Gasteiger partial charge in [0.2, 0.25) is 47.3 Å². The first kappa shape index (κ1) is 83.2. The smallest absolute Gasteiger partial charge is 0.327 e. The van der Waals surface area contributed by atoms with Crippen molar-refractivity contribution < 1.29 is 145 Å².